The summed E-state index contributed by atoms with van der Waals surface area (Å²) in [7, 11) is 0. The van der Waals surface area contributed by atoms with Crippen LogP contribution in [0, 0.1) is 10.1 Å². The third kappa shape index (κ3) is 1.82. The Hall–Kier alpha value is -2.74. The molecule has 1 N–H and O–H groups in total. The Morgan fingerprint density at radius 3 is 2.90 bits per heavy atom. The maximum atomic E-state index is 11.5. The SMILES string of the molecule is O=c1[nH]cnc2c(-c3ccc([N+](=O)[O-])c(Cl)c3)cnn12. The summed E-state index contributed by atoms with van der Waals surface area (Å²) < 4.78 is 1.10. The van der Waals surface area contributed by atoms with Gasteiger partial charge >= 0.3 is 5.69 Å². The monoisotopic (exact) mass is 291 g/mol. The zero-order valence-electron chi connectivity index (χ0n) is 9.78. The van der Waals surface area contributed by atoms with Gasteiger partial charge in [0.25, 0.3) is 5.69 Å². The topological polar surface area (TPSA) is 106 Å². The molecule has 0 aliphatic heterocycles. The molecule has 0 radical (unpaired) electrons. The summed E-state index contributed by atoms with van der Waals surface area (Å²) in [4.78, 5) is 28.1. The summed E-state index contributed by atoms with van der Waals surface area (Å²) in [6.45, 7) is 0. The first-order valence-corrected chi connectivity index (χ1v) is 5.81. The van der Waals surface area contributed by atoms with Crippen molar-refractivity contribution in [2.45, 2.75) is 0 Å². The van der Waals surface area contributed by atoms with Gasteiger partial charge in [-0.15, -0.1) is 0 Å². The number of nitrogens with zero attached hydrogens (tertiary/aromatic N) is 4. The van der Waals surface area contributed by atoms with Crippen molar-refractivity contribution in [3.63, 3.8) is 0 Å². The third-order valence-corrected chi connectivity index (χ3v) is 3.07. The van der Waals surface area contributed by atoms with E-state index in [1.165, 1.54) is 30.7 Å². The predicted molar refractivity (Wildman–Crippen MR) is 70.7 cm³/mol. The molecule has 100 valence electrons. The second kappa shape index (κ2) is 4.42. The molecule has 0 aliphatic carbocycles. The predicted octanol–water partition coefficient (Wildman–Crippen LogP) is 1.65. The molecule has 0 saturated heterocycles. The molecular formula is C11H6ClN5O3. The Morgan fingerprint density at radius 2 is 2.20 bits per heavy atom. The van der Waals surface area contributed by atoms with E-state index in [0.29, 0.717) is 16.8 Å². The number of nitrogens with one attached hydrogen (secondary N) is 1. The number of rotatable bonds is 2. The number of aromatic nitrogens is 4. The van der Waals surface area contributed by atoms with E-state index in [2.05, 4.69) is 15.1 Å². The largest absolute Gasteiger partial charge is 0.349 e. The fourth-order valence-electron chi connectivity index (χ4n) is 1.85. The van der Waals surface area contributed by atoms with Crippen molar-refractivity contribution in [3.8, 4) is 11.1 Å². The molecule has 1 aromatic carbocycles. The van der Waals surface area contributed by atoms with Crippen molar-refractivity contribution in [2.24, 2.45) is 0 Å². The Morgan fingerprint density at radius 1 is 1.40 bits per heavy atom. The lowest BCUT2D eigenvalue weighted by Crippen LogP contribution is -2.17. The number of fused-ring (bicyclic) bond motifs is 1. The van der Waals surface area contributed by atoms with E-state index in [0.717, 1.165) is 4.52 Å². The van der Waals surface area contributed by atoms with Gasteiger partial charge in [0.15, 0.2) is 5.65 Å². The van der Waals surface area contributed by atoms with Gasteiger partial charge in [-0.3, -0.25) is 15.1 Å². The van der Waals surface area contributed by atoms with Crippen molar-refractivity contribution >= 4 is 22.9 Å². The molecule has 0 bridgehead atoms. The van der Waals surface area contributed by atoms with Crippen molar-refractivity contribution in [2.75, 3.05) is 0 Å². The molecule has 3 rings (SSSR count). The van der Waals surface area contributed by atoms with Gasteiger partial charge in [0.05, 0.1) is 17.4 Å². The molecule has 0 fully saturated rings. The van der Waals surface area contributed by atoms with Gasteiger partial charge in [-0.2, -0.15) is 9.61 Å². The second-order valence-corrected chi connectivity index (χ2v) is 4.33. The van der Waals surface area contributed by atoms with Crippen LogP contribution in [0.3, 0.4) is 0 Å². The molecule has 20 heavy (non-hydrogen) atoms. The number of nitro benzene ring substituents is 1. The maximum Gasteiger partial charge on any atom is 0.349 e. The summed E-state index contributed by atoms with van der Waals surface area (Å²) >= 11 is 5.87. The molecule has 0 spiro atoms. The van der Waals surface area contributed by atoms with Crippen LogP contribution in [-0.4, -0.2) is 24.5 Å². The Labute approximate surface area is 115 Å². The van der Waals surface area contributed by atoms with Crippen LogP contribution in [0.4, 0.5) is 5.69 Å². The Bertz CT molecular complexity index is 885. The molecule has 0 saturated carbocycles. The summed E-state index contributed by atoms with van der Waals surface area (Å²) in [5.74, 6) is 0. The lowest BCUT2D eigenvalue weighted by molar-refractivity contribution is -0.384. The number of benzene rings is 1. The molecule has 9 heteroatoms. The van der Waals surface area contributed by atoms with Crippen LogP contribution >= 0.6 is 11.6 Å². The zero-order valence-corrected chi connectivity index (χ0v) is 10.5. The number of hydrogen-bond acceptors (Lipinski definition) is 5. The molecule has 0 atom stereocenters. The number of hydrogen-bond donors (Lipinski definition) is 1. The zero-order chi connectivity index (χ0) is 14.3. The summed E-state index contributed by atoms with van der Waals surface area (Å²) in [6.07, 6.45) is 2.71. The summed E-state index contributed by atoms with van der Waals surface area (Å²) in [5.41, 5.74) is 0.896. The fraction of sp³-hybridized carbons (Fsp3) is 0. The number of H-pyrrole nitrogens is 1. The van der Waals surface area contributed by atoms with Gasteiger partial charge in [-0.05, 0) is 17.7 Å². The molecule has 0 aliphatic rings. The smallest absolute Gasteiger partial charge is 0.296 e. The van der Waals surface area contributed by atoms with E-state index in [-0.39, 0.29) is 10.7 Å². The van der Waals surface area contributed by atoms with Crippen LogP contribution in [0.2, 0.25) is 5.02 Å². The average molecular weight is 292 g/mol. The fourth-order valence-corrected chi connectivity index (χ4v) is 2.10. The molecule has 0 unspecified atom stereocenters. The first-order valence-electron chi connectivity index (χ1n) is 5.43. The van der Waals surface area contributed by atoms with Gasteiger partial charge in [0.2, 0.25) is 0 Å². The quantitative estimate of drug-likeness (QED) is 0.570. The number of aromatic amines is 1. The summed E-state index contributed by atoms with van der Waals surface area (Å²) in [5, 5.41) is 14.6. The van der Waals surface area contributed by atoms with Crippen molar-refractivity contribution in [3.05, 3.63) is 56.3 Å². The first-order chi connectivity index (χ1) is 9.58. The van der Waals surface area contributed by atoms with E-state index in [1.807, 2.05) is 0 Å². The van der Waals surface area contributed by atoms with Crippen LogP contribution in [0.5, 0.6) is 0 Å². The Balaban J connectivity index is 2.21. The normalized spacial score (nSPS) is 10.8. The summed E-state index contributed by atoms with van der Waals surface area (Å²) in [6, 6.07) is 4.28. The van der Waals surface area contributed by atoms with Gasteiger partial charge in [-0.1, -0.05) is 11.6 Å². The van der Waals surface area contributed by atoms with Crippen LogP contribution < -0.4 is 5.69 Å². The van der Waals surface area contributed by atoms with Crippen LogP contribution in [-0.2, 0) is 0 Å². The standard InChI is InChI=1S/C11H6ClN5O3/c12-8-3-6(1-2-9(8)17(19)20)7-4-15-16-10(7)13-5-14-11(16)18/h1-5H,(H,13,14,18). The van der Waals surface area contributed by atoms with Crippen LogP contribution in [0.1, 0.15) is 0 Å². The molecule has 8 nitrogen and oxygen atoms in total. The van der Waals surface area contributed by atoms with E-state index in [9.17, 15) is 14.9 Å². The molecular weight excluding hydrogens is 286 g/mol. The van der Waals surface area contributed by atoms with E-state index >= 15 is 0 Å². The minimum Gasteiger partial charge on any atom is -0.296 e. The lowest BCUT2D eigenvalue weighted by Gasteiger charge is -2.00. The molecule has 0 amide bonds. The van der Waals surface area contributed by atoms with Crippen molar-refractivity contribution < 1.29 is 4.92 Å². The van der Waals surface area contributed by atoms with Gasteiger partial charge in [0, 0.05) is 11.6 Å². The van der Waals surface area contributed by atoms with Crippen LogP contribution in [0.15, 0.2) is 35.5 Å². The van der Waals surface area contributed by atoms with E-state index in [4.69, 9.17) is 11.6 Å². The van der Waals surface area contributed by atoms with Gasteiger partial charge < -0.3 is 0 Å². The Kier molecular flexibility index (Phi) is 2.72. The highest BCUT2D eigenvalue weighted by Gasteiger charge is 2.15. The van der Waals surface area contributed by atoms with Gasteiger partial charge in [-0.25, -0.2) is 9.78 Å². The second-order valence-electron chi connectivity index (χ2n) is 3.92. The minimum atomic E-state index is -0.564. The maximum absolute atomic E-state index is 11.5. The highest BCUT2D eigenvalue weighted by molar-refractivity contribution is 6.33. The van der Waals surface area contributed by atoms with Crippen molar-refractivity contribution in [1.82, 2.24) is 19.6 Å². The number of halogens is 1. The molecule has 2 aromatic heterocycles. The average Bonchev–Trinajstić information content (AvgIpc) is 2.83. The van der Waals surface area contributed by atoms with Gasteiger partial charge in [0.1, 0.15) is 5.02 Å². The van der Waals surface area contributed by atoms with E-state index < -0.39 is 10.6 Å². The van der Waals surface area contributed by atoms with Crippen molar-refractivity contribution in [1.29, 1.82) is 0 Å². The van der Waals surface area contributed by atoms with Crippen LogP contribution in [0.25, 0.3) is 16.8 Å². The lowest BCUT2D eigenvalue weighted by atomic mass is 10.1. The molecule has 3 aromatic rings. The highest BCUT2D eigenvalue weighted by Crippen LogP contribution is 2.31. The molecule has 2 heterocycles. The third-order valence-electron chi connectivity index (χ3n) is 2.77. The van der Waals surface area contributed by atoms with E-state index in [1.54, 1.807) is 0 Å². The highest BCUT2D eigenvalue weighted by atomic mass is 35.5. The first kappa shape index (κ1) is 12.3. The number of nitro groups is 1. The minimum absolute atomic E-state index is 0.0108.